The normalized spacial score (nSPS) is 18.2. The molecular weight excluding hydrogens is 759 g/mol. The lowest BCUT2D eigenvalue weighted by Gasteiger charge is -2.41. The van der Waals surface area contributed by atoms with Crippen LogP contribution in [0, 0.1) is 24.1 Å². The number of hydrogen-bond donors (Lipinski definition) is 4. The summed E-state index contributed by atoms with van der Waals surface area (Å²) < 4.78 is 28.1. The molecular formula is C47H49N7O4S. The van der Waals surface area contributed by atoms with Gasteiger partial charge in [-0.3, -0.25) is 19.4 Å². The Bertz CT molecular complexity index is 2430. The van der Waals surface area contributed by atoms with Crippen LogP contribution in [0.3, 0.4) is 0 Å². The molecule has 3 aliphatic rings. The lowest BCUT2D eigenvalue weighted by molar-refractivity contribution is 0.0699. The van der Waals surface area contributed by atoms with Crippen molar-refractivity contribution in [2.75, 3.05) is 55.3 Å². The number of nitrogens with one attached hydrogen (secondary N) is 3. The number of amides is 1. The van der Waals surface area contributed by atoms with Crippen LogP contribution in [-0.2, 0) is 28.7 Å². The van der Waals surface area contributed by atoms with E-state index in [1.165, 1.54) is 16.7 Å². The van der Waals surface area contributed by atoms with Gasteiger partial charge in [-0.1, -0.05) is 54.6 Å². The molecule has 2 aromatic heterocycles. The summed E-state index contributed by atoms with van der Waals surface area (Å²) in [4.78, 5) is 26.7. The van der Waals surface area contributed by atoms with Crippen molar-refractivity contribution in [1.82, 2.24) is 19.6 Å². The zero-order valence-corrected chi connectivity index (χ0v) is 33.8. The van der Waals surface area contributed by atoms with Crippen molar-refractivity contribution in [2.24, 2.45) is 11.8 Å². The Morgan fingerprint density at radius 1 is 0.932 bits per heavy atom. The summed E-state index contributed by atoms with van der Waals surface area (Å²) in [5.74, 6) is 1.32. The number of hydrogen-bond acceptors (Lipinski definition) is 9. The first-order valence-corrected chi connectivity index (χ1v) is 21.7. The second-order valence-electron chi connectivity index (χ2n) is 15.9. The van der Waals surface area contributed by atoms with E-state index in [1.54, 1.807) is 30.5 Å². The number of fused-ring (bicyclic) bond motifs is 2. The quantitative estimate of drug-likeness (QED) is 0.0912. The SMILES string of the molecule is Nc1cc(S(=O)NC(=O)c2ccc(N3CCC(CN4Cc5ccccc5CC4c4ccccc4)CC3)cc2Oc2cnc3[nH]c#cc3c2)ccc1NCC1CCOCC1. The second-order valence-corrected chi connectivity index (χ2v) is 17.1. The fraction of sp³-hybridized carbons (Fsp3) is 0.319. The number of carbonyl (C=O) groups is 1. The molecule has 6 aromatic rings. The number of ether oxygens (including phenoxy) is 2. The van der Waals surface area contributed by atoms with E-state index >= 15 is 0 Å². The molecule has 1 amide bonds. The molecule has 2 unspecified atom stereocenters. The van der Waals surface area contributed by atoms with Crippen molar-refractivity contribution in [1.29, 1.82) is 0 Å². The number of carbonyl (C=O) groups excluding carboxylic acids is 1. The first-order valence-electron chi connectivity index (χ1n) is 20.6. The lowest BCUT2D eigenvalue weighted by Crippen LogP contribution is -2.41. The molecule has 0 saturated carbocycles. The molecule has 9 rings (SSSR count). The number of nitrogen functional groups attached to an aromatic ring is 1. The Kier molecular flexibility index (Phi) is 11.5. The lowest BCUT2D eigenvalue weighted by atomic mass is 9.87. The van der Waals surface area contributed by atoms with E-state index in [0.29, 0.717) is 51.0 Å². The fourth-order valence-electron chi connectivity index (χ4n) is 8.66. The number of anilines is 3. The van der Waals surface area contributed by atoms with Crippen LogP contribution in [0.25, 0.3) is 11.0 Å². The van der Waals surface area contributed by atoms with E-state index in [2.05, 4.69) is 96.7 Å². The zero-order chi connectivity index (χ0) is 40.1. The van der Waals surface area contributed by atoms with Crippen molar-refractivity contribution in [3.05, 3.63) is 138 Å². The minimum atomic E-state index is -1.87. The number of piperidine rings is 1. The van der Waals surface area contributed by atoms with Crippen LogP contribution in [0.2, 0.25) is 0 Å². The van der Waals surface area contributed by atoms with Gasteiger partial charge in [-0.15, -0.1) is 0 Å². The molecule has 2 saturated heterocycles. The number of nitrogens with zero attached hydrogens (tertiary/aromatic N) is 3. The Hall–Kier alpha value is -5.87. The Labute approximate surface area is 347 Å². The van der Waals surface area contributed by atoms with Crippen molar-refractivity contribution < 1.29 is 18.5 Å². The molecule has 3 aliphatic heterocycles. The molecule has 4 aromatic carbocycles. The van der Waals surface area contributed by atoms with E-state index < -0.39 is 16.9 Å². The van der Waals surface area contributed by atoms with E-state index in [-0.39, 0.29) is 5.56 Å². The van der Waals surface area contributed by atoms with Gasteiger partial charge in [-0.25, -0.2) is 9.19 Å². The van der Waals surface area contributed by atoms with E-state index in [1.807, 2.05) is 18.2 Å². The summed E-state index contributed by atoms with van der Waals surface area (Å²) in [6.07, 6.45) is 9.55. The molecule has 0 radical (unpaired) electrons. The van der Waals surface area contributed by atoms with Crippen LogP contribution in [0.5, 0.6) is 11.5 Å². The second kappa shape index (κ2) is 17.5. The van der Waals surface area contributed by atoms with Crippen molar-refractivity contribution >= 4 is 45.0 Å². The average molecular weight is 808 g/mol. The molecule has 0 aliphatic carbocycles. The fourth-order valence-corrected chi connectivity index (χ4v) is 9.48. The van der Waals surface area contributed by atoms with Crippen LogP contribution < -0.4 is 25.4 Å². The smallest absolute Gasteiger partial charge is 0.266 e. The largest absolute Gasteiger partial charge is 0.455 e. The number of nitrogens with two attached hydrogens (primary N) is 1. The Morgan fingerprint density at radius 3 is 2.54 bits per heavy atom. The number of rotatable bonds is 12. The molecule has 11 nitrogen and oxygen atoms in total. The summed E-state index contributed by atoms with van der Waals surface area (Å²) in [7, 11) is -1.87. The maximum absolute atomic E-state index is 13.9. The summed E-state index contributed by atoms with van der Waals surface area (Å²) in [5, 5.41) is 4.13. The average Bonchev–Trinajstić information content (AvgIpc) is 3.75. The maximum Gasteiger partial charge on any atom is 0.266 e. The van der Waals surface area contributed by atoms with Gasteiger partial charge in [0.05, 0.1) is 33.4 Å². The van der Waals surface area contributed by atoms with Gasteiger partial charge in [0.2, 0.25) is 0 Å². The highest BCUT2D eigenvalue weighted by Gasteiger charge is 2.31. The first-order chi connectivity index (χ1) is 28.9. The van der Waals surface area contributed by atoms with Gasteiger partial charge < -0.3 is 25.4 Å². The van der Waals surface area contributed by atoms with Crippen molar-refractivity contribution in [3.8, 4) is 11.5 Å². The Morgan fingerprint density at radius 2 is 1.73 bits per heavy atom. The summed E-state index contributed by atoms with van der Waals surface area (Å²) in [6, 6.07) is 35.7. The minimum absolute atomic E-state index is 0.252. The number of H-pyrrole nitrogens is 1. The molecule has 2 atom stereocenters. The number of aromatic amines is 1. The highest BCUT2D eigenvalue weighted by molar-refractivity contribution is 7.83. The topological polar surface area (TPSA) is 138 Å². The van der Waals surface area contributed by atoms with Gasteiger partial charge in [-0.05, 0) is 97.0 Å². The van der Waals surface area contributed by atoms with Crippen LogP contribution in [0.15, 0.2) is 108 Å². The molecule has 2 fully saturated rings. The zero-order valence-electron chi connectivity index (χ0n) is 33.0. The van der Waals surface area contributed by atoms with Crippen LogP contribution in [-0.4, -0.2) is 64.4 Å². The monoisotopic (exact) mass is 807 g/mol. The third-order valence-electron chi connectivity index (χ3n) is 12.0. The molecule has 0 bridgehead atoms. The summed E-state index contributed by atoms with van der Waals surface area (Å²) >= 11 is 0. The van der Waals surface area contributed by atoms with Gasteiger partial charge in [0.25, 0.3) is 5.91 Å². The molecule has 5 N–H and O–H groups in total. The third-order valence-corrected chi connectivity index (χ3v) is 13.1. The summed E-state index contributed by atoms with van der Waals surface area (Å²) in [6.45, 7) is 6.08. The molecule has 0 spiro atoms. The molecule has 302 valence electrons. The van der Waals surface area contributed by atoms with E-state index in [9.17, 15) is 9.00 Å². The van der Waals surface area contributed by atoms with E-state index in [0.717, 1.165) is 89.4 Å². The van der Waals surface area contributed by atoms with Gasteiger partial charge in [-0.2, -0.15) is 0 Å². The predicted octanol–water partition coefficient (Wildman–Crippen LogP) is 7.84. The third kappa shape index (κ3) is 8.93. The maximum atomic E-state index is 13.9. The standard InChI is InChI=1S/C47H49N7O4S/c48-42-27-40(11-13-43(42)50-28-32-17-22-57-23-18-32)59(56)52-47(55)41-12-10-38(26-45(41)58-39-24-36-14-19-49-46(36)51-29-39)53-20-15-33(16-21-53)30-54-31-37-9-5-4-8-35(37)25-44(54)34-6-2-1-3-7-34/h1-13,24,26-27,29,32-33,44,50H,15-18,20-23,25,28,30-31,48H2,(H,49,51)(H,52,55). The van der Waals surface area contributed by atoms with Gasteiger partial charge in [0.1, 0.15) is 11.5 Å². The number of benzene rings is 4. The summed E-state index contributed by atoms with van der Waals surface area (Å²) in [5.41, 5.74) is 13.7. The van der Waals surface area contributed by atoms with Crippen LogP contribution >= 0.6 is 0 Å². The van der Waals surface area contributed by atoms with Crippen LogP contribution in [0.1, 0.15) is 58.8 Å². The predicted molar refractivity (Wildman–Crippen MR) is 232 cm³/mol. The number of pyridine rings is 1. The Balaban J connectivity index is 0.891. The number of aromatic nitrogens is 2. The van der Waals surface area contributed by atoms with E-state index in [4.69, 9.17) is 15.2 Å². The highest BCUT2D eigenvalue weighted by atomic mass is 32.2. The van der Waals surface area contributed by atoms with Crippen molar-refractivity contribution in [2.45, 2.75) is 49.6 Å². The van der Waals surface area contributed by atoms with Crippen molar-refractivity contribution in [3.63, 3.8) is 0 Å². The highest BCUT2D eigenvalue weighted by Crippen LogP contribution is 2.37. The van der Waals surface area contributed by atoms with Crippen LogP contribution in [0.4, 0.5) is 17.1 Å². The first kappa shape index (κ1) is 38.6. The minimum Gasteiger partial charge on any atom is -0.455 e. The molecule has 5 heterocycles. The molecule has 12 heteroatoms. The van der Waals surface area contributed by atoms with Gasteiger partial charge in [0, 0.05) is 76.0 Å². The molecule has 59 heavy (non-hydrogen) atoms. The van der Waals surface area contributed by atoms with Gasteiger partial charge >= 0.3 is 0 Å². The van der Waals surface area contributed by atoms with Gasteiger partial charge in [0.15, 0.2) is 16.6 Å².